The fraction of sp³-hybridized carbons (Fsp3) is 0.800. The number of carbonyl (C=O) groups is 1. The van der Waals surface area contributed by atoms with Gasteiger partial charge in [-0.25, -0.2) is 0 Å². The molecule has 1 unspecified atom stereocenters. The van der Waals surface area contributed by atoms with Crippen LogP contribution in [0.5, 0.6) is 0 Å². The minimum Gasteiger partial charge on any atom is -0.378 e. The summed E-state index contributed by atoms with van der Waals surface area (Å²) in [7, 11) is 2.07. The van der Waals surface area contributed by atoms with Crippen molar-refractivity contribution < 1.29 is 14.1 Å². The molecule has 128 valence electrons. The number of likely N-dealkylation sites (tertiary alicyclic amines) is 1. The van der Waals surface area contributed by atoms with Gasteiger partial charge in [-0.15, -0.1) is 0 Å². The van der Waals surface area contributed by atoms with Crippen LogP contribution in [0.4, 0.5) is 0 Å². The Balaban J connectivity index is 1.45. The average molecular weight is 323 g/mol. The third-order valence-electron chi connectivity index (χ3n) is 4.55. The van der Waals surface area contributed by atoms with Gasteiger partial charge in [-0.05, 0) is 13.5 Å². The van der Waals surface area contributed by atoms with Gasteiger partial charge in [0.05, 0.1) is 26.3 Å². The molecule has 1 amide bonds. The summed E-state index contributed by atoms with van der Waals surface area (Å²) < 4.78 is 10.3. The van der Waals surface area contributed by atoms with Crippen molar-refractivity contribution in [1.29, 1.82) is 0 Å². The number of likely N-dealkylation sites (N-methyl/N-ethyl adjacent to an activating group) is 1. The van der Waals surface area contributed by atoms with Crippen LogP contribution in [-0.4, -0.2) is 89.8 Å². The first-order valence-corrected chi connectivity index (χ1v) is 8.19. The molecule has 0 saturated carbocycles. The molecule has 1 aromatic rings. The van der Waals surface area contributed by atoms with E-state index >= 15 is 0 Å². The Kier molecular flexibility index (Phi) is 5.24. The maximum Gasteiger partial charge on any atom is 0.236 e. The smallest absolute Gasteiger partial charge is 0.236 e. The first-order valence-electron chi connectivity index (χ1n) is 8.19. The molecule has 3 rings (SSSR count). The minimum atomic E-state index is 0.213. The van der Waals surface area contributed by atoms with E-state index in [0.717, 1.165) is 19.5 Å². The third kappa shape index (κ3) is 4.27. The van der Waals surface area contributed by atoms with Crippen molar-refractivity contribution in [3.63, 3.8) is 0 Å². The topological polar surface area (TPSA) is 74.9 Å². The molecule has 0 N–H and O–H groups in total. The first kappa shape index (κ1) is 16.4. The van der Waals surface area contributed by atoms with Crippen molar-refractivity contribution in [2.45, 2.75) is 25.9 Å². The fourth-order valence-corrected chi connectivity index (χ4v) is 3.18. The van der Waals surface area contributed by atoms with Crippen LogP contribution >= 0.6 is 0 Å². The maximum atomic E-state index is 12.3. The summed E-state index contributed by atoms with van der Waals surface area (Å²) in [6, 6.07) is 0.422. The molecule has 8 nitrogen and oxygen atoms in total. The van der Waals surface area contributed by atoms with Gasteiger partial charge in [-0.1, -0.05) is 5.16 Å². The van der Waals surface area contributed by atoms with Crippen molar-refractivity contribution >= 4 is 5.91 Å². The standard InChI is InChI=1S/C15H25N5O3/c1-12-16-14(17-23-12)10-18(2)13-3-4-19(9-13)11-15(21)20-5-7-22-8-6-20/h13H,3-11H2,1-2H3. The van der Waals surface area contributed by atoms with Crippen LogP contribution in [0.2, 0.25) is 0 Å². The zero-order chi connectivity index (χ0) is 16.2. The summed E-state index contributed by atoms with van der Waals surface area (Å²) in [6.07, 6.45) is 1.06. The lowest BCUT2D eigenvalue weighted by molar-refractivity contribution is -0.136. The Morgan fingerprint density at radius 1 is 1.35 bits per heavy atom. The number of ether oxygens (including phenoxy) is 1. The van der Waals surface area contributed by atoms with Gasteiger partial charge in [-0.2, -0.15) is 4.98 Å². The van der Waals surface area contributed by atoms with Crippen LogP contribution in [0.25, 0.3) is 0 Å². The van der Waals surface area contributed by atoms with Crippen LogP contribution in [0.15, 0.2) is 4.52 Å². The Morgan fingerprint density at radius 3 is 2.83 bits per heavy atom. The van der Waals surface area contributed by atoms with Crippen molar-refractivity contribution in [3.05, 3.63) is 11.7 Å². The molecule has 23 heavy (non-hydrogen) atoms. The van der Waals surface area contributed by atoms with Crippen LogP contribution in [0.1, 0.15) is 18.1 Å². The number of amides is 1. The number of carbonyl (C=O) groups excluding carboxylic acids is 1. The van der Waals surface area contributed by atoms with E-state index in [1.54, 1.807) is 6.92 Å². The van der Waals surface area contributed by atoms with E-state index in [2.05, 4.69) is 27.0 Å². The number of hydrogen-bond donors (Lipinski definition) is 0. The highest BCUT2D eigenvalue weighted by molar-refractivity contribution is 5.78. The number of nitrogens with zero attached hydrogens (tertiary/aromatic N) is 5. The highest BCUT2D eigenvalue weighted by atomic mass is 16.5. The van der Waals surface area contributed by atoms with Crippen molar-refractivity contribution in [3.8, 4) is 0 Å². The molecule has 0 aromatic carbocycles. The summed E-state index contributed by atoms with van der Waals surface area (Å²) in [4.78, 5) is 22.9. The largest absolute Gasteiger partial charge is 0.378 e. The van der Waals surface area contributed by atoms with Crippen LogP contribution in [0, 0.1) is 6.92 Å². The van der Waals surface area contributed by atoms with Crippen molar-refractivity contribution in [2.24, 2.45) is 0 Å². The second-order valence-corrected chi connectivity index (χ2v) is 6.32. The normalized spacial score (nSPS) is 22.9. The second-order valence-electron chi connectivity index (χ2n) is 6.32. The van der Waals surface area contributed by atoms with Gasteiger partial charge in [0.15, 0.2) is 5.82 Å². The SMILES string of the molecule is Cc1nc(CN(C)C2CCN(CC(=O)N3CCOCC3)C2)no1. The molecule has 2 fully saturated rings. The van der Waals surface area contributed by atoms with E-state index in [9.17, 15) is 4.79 Å². The molecule has 2 saturated heterocycles. The summed E-state index contributed by atoms with van der Waals surface area (Å²) in [5.74, 6) is 1.52. The predicted octanol–water partition coefficient (Wildman–Crippen LogP) is -0.257. The van der Waals surface area contributed by atoms with Gasteiger partial charge in [0, 0.05) is 39.1 Å². The van der Waals surface area contributed by atoms with Crippen LogP contribution < -0.4 is 0 Å². The van der Waals surface area contributed by atoms with E-state index in [0.29, 0.717) is 57.1 Å². The molecule has 8 heteroatoms. The average Bonchev–Trinajstić information content (AvgIpc) is 3.17. The van der Waals surface area contributed by atoms with E-state index in [1.807, 2.05) is 4.90 Å². The van der Waals surface area contributed by atoms with Gasteiger partial charge in [0.25, 0.3) is 0 Å². The maximum absolute atomic E-state index is 12.3. The lowest BCUT2D eigenvalue weighted by Crippen LogP contribution is -2.45. The Morgan fingerprint density at radius 2 is 2.13 bits per heavy atom. The molecular weight excluding hydrogens is 298 g/mol. The fourth-order valence-electron chi connectivity index (χ4n) is 3.18. The van der Waals surface area contributed by atoms with E-state index in [-0.39, 0.29) is 5.91 Å². The van der Waals surface area contributed by atoms with Gasteiger partial charge in [0.2, 0.25) is 11.8 Å². The van der Waals surface area contributed by atoms with Gasteiger partial charge < -0.3 is 14.2 Å². The molecule has 3 heterocycles. The molecule has 0 spiro atoms. The zero-order valence-electron chi connectivity index (χ0n) is 13.9. The third-order valence-corrected chi connectivity index (χ3v) is 4.55. The van der Waals surface area contributed by atoms with Gasteiger partial charge in [-0.3, -0.25) is 14.6 Å². The Hall–Kier alpha value is -1.51. The highest BCUT2D eigenvalue weighted by Gasteiger charge is 2.29. The lowest BCUT2D eigenvalue weighted by atomic mass is 10.2. The van der Waals surface area contributed by atoms with Crippen molar-refractivity contribution in [2.75, 3.05) is 53.0 Å². The minimum absolute atomic E-state index is 0.213. The molecule has 0 radical (unpaired) electrons. The summed E-state index contributed by atoms with van der Waals surface area (Å²) in [5.41, 5.74) is 0. The molecule has 1 atom stereocenters. The van der Waals surface area contributed by atoms with Crippen LogP contribution in [-0.2, 0) is 16.1 Å². The summed E-state index contributed by atoms with van der Waals surface area (Å²) >= 11 is 0. The Bertz CT molecular complexity index is 529. The molecule has 0 bridgehead atoms. The molecule has 1 aromatic heterocycles. The second kappa shape index (κ2) is 7.37. The number of hydrogen-bond acceptors (Lipinski definition) is 7. The Labute approximate surface area is 136 Å². The highest BCUT2D eigenvalue weighted by Crippen LogP contribution is 2.16. The number of rotatable bonds is 5. The molecule has 0 aliphatic carbocycles. The number of aromatic nitrogens is 2. The number of aryl methyl sites for hydroxylation is 1. The van der Waals surface area contributed by atoms with E-state index in [1.165, 1.54) is 0 Å². The number of morpholine rings is 1. The molecule has 2 aliphatic rings. The van der Waals surface area contributed by atoms with Gasteiger partial charge >= 0.3 is 0 Å². The van der Waals surface area contributed by atoms with E-state index in [4.69, 9.17) is 9.26 Å². The molecular formula is C15H25N5O3. The van der Waals surface area contributed by atoms with Crippen LogP contribution in [0.3, 0.4) is 0 Å². The van der Waals surface area contributed by atoms with Crippen molar-refractivity contribution in [1.82, 2.24) is 24.8 Å². The summed E-state index contributed by atoms with van der Waals surface area (Å²) in [5, 5.41) is 3.94. The molecule has 2 aliphatic heterocycles. The quantitative estimate of drug-likeness (QED) is 0.739. The predicted molar refractivity (Wildman–Crippen MR) is 82.7 cm³/mol. The van der Waals surface area contributed by atoms with E-state index < -0.39 is 0 Å². The zero-order valence-corrected chi connectivity index (χ0v) is 13.9. The van der Waals surface area contributed by atoms with Gasteiger partial charge in [0.1, 0.15) is 0 Å². The lowest BCUT2D eigenvalue weighted by Gasteiger charge is -2.29. The summed E-state index contributed by atoms with van der Waals surface area (Å²) in [6.45, 7) is 7.58. The monoisotopic (exact) mass is 323 g/mol. The first-order chi connectivity index (χ1) is 11.1.